The topological polar surface area (TPSA) is 56.7 Å². The summed E-state index contributed by atoms with van der Waals surface area (Å²) in [6.45, 7) is 4.55. The molecule has 0 radical (unpaired) electrons. The molecule has 2 heterocycles. The molecule has 3 rings (SSSR count). The van der Waals surface area contributed by atoms with E-state index in [0.717, 1.165) is 22.6 Å². The van der Waals surface area contributed by atoms with Crippen molar-refractivity contribution in [1.29, 1.82) is 0 Å². The molecule has 1 aliphatic carbocycles. The first-order valence-corrected chi connectivity index (χ1v) is 6.23. The third-order valence-corrected chi connectivity index (χ3v) is 3.93. The molecule has 1 unspecified atom stereocenters. The summed E-state index contributed by atoms with van der Waals surface area (Å²) in [5.41, 5.74) is 9.83. The Morgan fingerprint density at radius 2 is 1.94 bits per heavy atom. The summed E-state index contributed by atoms with van der Waals surface area (Å²) in [5.74, 6) is 1.25. The van der Waals surface area contributed by atoms with Crippen LogP contribution in [0.5, 0.6) is 0 Å². The minimum Gasteiger partial charge on any atom is -0.383 e. The molecule has 2 aromatic heterocycles. The second-order valence-electron chi connectivity index (χ2n) is 5.75. The Balaban J connectivity index is 2.14. The normalized spacial score (nSPS) is 20.9. The van der Waals surface area contributed by atoms with E-state index in [9.17, 15) is 0 Å². The molecule has 2 N–H and O–H groups in total. The molecular formula is C14H18N4. The second-order valence-corrected chi connectivity index (χ2v) is 5.75. The summed E-state index contributed by atoms with van der Waals surface area (Å²) >= 11 is 0. The average Bonchev–Trinajstić information content (AvgIpc) is 2.87. The van der Waals surface area contributed by atoms with Gasteiger partial charge >= 0.3 is 0 Å². The van der Waals surface area contributed by atoms with Crippen molar-refractivity contribution in [2.24, 2.45) is 12.5 Å². The molecule has 0 aliphatic heterocycles. The van der Waals surface area contributed by atoms with E-state index in [-0.39, 0.29) is 0 Å². The maximum absolute atomic E-state index is 6.17. The number of pyridine rings is 1. The molecule has 0 bridgehead atoms. The number of aryl methyl sites for hydroxylation is 1. The summed E-state index contributed by atoms with van der Waals surface area (Å²) in [6.07, 6.45) is 4.77. The van der Waals surface area contributed by atoms with Crippen LogP contribution in [-0.2, 0) is 7.05 Å². The Kier molecular flexibility index (Phi) is 2.24. The standard InChI is InChI=1S/C14H18N4/c1-14(2)8-10(14)12-11(13(15)18(3)17-12)9-4-6-16-7-5-9/h4-7,10H,8,15H2,1-3H3. The molecule has 0 amide bonds. The fourth-order valence-electron chi connectivity index (χ4n) is 2.55. The molecule has 1 aliphatic rings. The van der Waals surface area contributed by atoms with E-state index < -0.39 is 0 Å². The van der Waals surface area contributed by atoms with E-state index in [4.69, 9.17) is 5.73 Å². The fraction of sp³-hybridized carbons (Fsp3) is 0.429. The predicted molar refractivity (Wildman–Crippen MR) is 72.0 cm³/mol. The van der Waals surface area contributed by atoms with Gasteiger partial charge in [-0.2, -0.15) is 5.10 Å². The molecule has 0 aromatic carbocycles. The third kappa shape index (κ3) is 1.60. The molecule has 4 heteroatoms. The molecule has 94 valence electrons. The van der Waals surface area contributed by atoms with Gasteiger partial charge in [0.05, 0.1) is 5.69 Å². The van der Waals surface area contributed by atoms with Crippen molar-refractivity contribution < 1.29 is 0 Å². The monoisotopic (exact) mass is 242 g/mol. The van der Waals surface area contributed by atoms with Crippen LogP contribution >= 0.6 is 0 Å². The molecule has 18 heavy (non-hydrogen) atoms. The number of anilines is 1. The van der Waals surface area contributed by atoms with Crippen molar-refractivity contribution in [3.8, 4) is 11.1 Å². The van der Waals surface area contributed by atoms with Crippen LogP contribution in [0.1, 0.15) is 31.9 Å². The molecular weight excluding hydrogens is 224 g/mol. The average molecular weight is 242 g/mol. The lowest BCUT2D eigenvalue weighted by atomic mass is 10.0. The Bertz CT molecular complexity index is 583. The maximum Gasteiger partial charge on any atom is 0.129 e. The smallest absolute Gasteiger partial charge is 0.129 e. The van der Waals surface area contributed by atoms with E-state index in [1.54, 1.807) is 17.1 Å². The van der Waals surface area contributed by atoms with E-state index >= 15 is 0 Å². The van der Waals surface area contributed by atoms with Gasteiger partial charge in [-0.3, -0.25) is 9.67 Å². The lowest BCUT2D eigenvalue weighted by Gasteiger charge is -2.05. The van der Waals surface area contributed by atoms with Crippen LogP contribution in [0.2, 0.25) is 0 Å². The van der Waals surface area contributed by atoms with Crippen LogP contribution in [0, 0.1) is 5.41 Å². The Morgan fingerprint density at radius 3 is 2.50 bits per heavy atom. The molecule has 1 fully saturated rings. The first kappa shape index (κ1) is 11.3. The highest BCUT2D eigenvalue weighted by atomic mass is 15.3. The van der Waals surface area contributed by atoms with Crippen molar-refractivity contribution in [2.45, 2.75) is 26.2 Å². The maximum atomic E-state index is 6.17. The molecule has 4 nitrogen and oxygen atoms in total. The number of nitrogen functional groups attached to an aromatic ring is 1. The van der Waals surface area contributed by atoms with E-state index in [2.05, 4.69) is 23.9 Å². The van der Waals surface area contributed by atoms with Gasteiger partial charge in [0, 0.05) is 30.9 Å². The van der Waals surface area contributed by atoms with Gasteiger partial charge in [-0.1, -0.05) is 13.8 Å². The number of hydrogen-bond donors (Lipinski definition) is 1. The number of rotatable bonds is 2. The first-order chi connectivity index (χ1) is 8.50. The van der Waals surface area contributed by atoms with Crippen molar-refractivity contribution in [1.82, 2.24) is 14.8 Å². The minimum absolute atomic E-state index is 0.350. The molecule has 0 saturated heterocycles. The highest BCUT2D eigenvalue weighted by molar-refractivity contribution is 5.77. The highest BCUT2D eigenvalue weighted by Crippen LogP contribution is 2.60. The van der Waals surface area contributed by atoms with Crippen LogP contribution in [0.3, 0.4) is 0 Å². The Labute approximate surface area is 107 Å². The van der Waals surface area contributed by atoms with Crippen LogP contribution in [-0.4, -0.2) is 14.8 Å². The van der Waals surface area contributed by atoms with Crippen LogP contribution in [0.15, 0.2) is 24.5 Å². The number of aromatic nitrogens is 3. The van der Waals surface area contributed by atoms with Crippen molar-refractivity contribution in [3.05, 3.63) is 30.2 Å². The van der Waals surface area contributed by atoms with Gasteiger partial charge in [-0.05, 0) is 29.5 Å². The van der Waals surface area contributed by atoms with Gasteiger partial charge in [0.2, 0.25) is 0 Å². The SMILES string of the molecule is Cn1nc(C2CC2(C)C)c(-c2ccncc2)c1N. The quantitative estimate of drug-likeness (QED) is 0.880. The molecule has 0 spiro atoms. The van der Waals surface area contributed by atoms with E-state index in [1.807, 2.05) is 19.2 Å². The zero-order chi connectivity index (χ0) is 12.9. The molecule has 1 saturated carbocycles. The summed E-state index contributed by atoms with van der Waals surface area (Å²) in [6, 6.07) is 3.98. The predicted octanol–water partition coefficient (Wildman–Crippen LogP) is 2.58. The van der Waals surface area contributed by atoms with Gasteiger partial charge in [-0.15, -0.1) is 0 Å². The molecule has 2 aromatic rings. The van der Waals surface area contributed by atoms with Gasteiger partial charge in [0.25, 0.3) is 0 Å². The van der Waals surface area contributed by atoms with E-state index in [0.29, 0.717) is 11.3 Å². The summed E-state index contributed by atoms with van der Waals surface area (Å²) < 4.78 is 1.78. The number of nitrogens with zero attached hydrogens (tertiary/aromatic N) is 3. The zero-order valence-corrected chi connectivity index (χ0v) is 11.0. The Morgan fingerprint density at radius 1 is 1.33 bits per heavy atom. The fourth-order valence-corrected chi connectivity index (χ4v) is 2.55. The minimum atomic E-state index is 0.350. The van der Waals surface area contributed by atoms with Gasteiger partial charge in [0.15, 0.2) is 0 Å². The highest BCUT2D eigenvalue weighted by Gasteiger charge is 2.49. The number of nitrogens with two attached hydrogens (primary N) is 1. The van der Waals surface area contributed by atoms with Crippen molar-refractivity contribution >= 4 is 5.82 Å². The van der Waals surface area contributed by atoms with Gasteiger partial charge < -0.3 is 5.73 Å². The summed E-state index contributed by atoms with van der Waals surface area (Å²) in [4.78, 5) is 4.06. The summed E-state index contributed by atoms with van der Waals surface area (Å²) in [5, 5.41) is 4.62. The van der Waals surface area contributed by atoms with Gasteiger partial charge in [0.1, 0.15) is 5.82 Å². The van der Waals surface area contributed by atoms with Crippen LogP contribution < -0.4 is 5.73 Å². The first-order valence-electron chi connectivity index (χ1n) is 6.23. The lowest BCUT2D eigenvalue weighted by molar-refractivity contribution is 0.609. The van der Waals surface area contributed by atoms with Gasteiger partial charge in [-0.25, -0.2) is 0 Å². The zero-order valence-electron chi connectivity index (χ0n) is 11.0. The summed E-state index contributed by atoms with van der Waals surface area (Å²) in [7, 11) is 1.90. The third-order valence-electron chi connectivity index (χ3n) is 3.93. The van der Waals surface area contributed by atoms with Crippen molar-refractivity contribution in [3.63, 3.8) is 0 Å². The Hall–Kier alpha value is -1.84. The lowest BCUT2D eigenvalue weighted by Crippen LogP contribution is -1.98. The van der Waals surface area contributed by atoms with Crippen LogP contribution in [0.25, 0.3) is 11.1 Å². The van der Waals surface area contributed by atoms with E-state index in [1.165, 1.54) is 6.42 Å². The molecule has 1 atom stereocenters. The van der Waals surface area contributed by atoms with Crippen LogP contribution in [0.4, 0.5) is 5.82 Å². The largest absolute Gasteiger partial charge is 0.383 e. The van der Waals surface area contributed by atoms with Crippen molar-refractivity contribution in [2.75, 3.05) is 5.73 Å². The number of hydrogen-bond acceptors (Lipinski definition) is 3. The second kappa shape index (κ2) is 3.57.